The highest BCUT2D eigenvalue weighted by atomic mass is 32.2. The van der Waals surface area contributed by atoms with Crippen LogP contribution in [0.25, 0.3) is 0 Å². The smallest absolute Gasteiger partial charge is 0.251 e. The molecule has 3 aromatic rings. The summed E-state index contributed by atoms with van der Waals surface area (Å²) in [5.41, 5.74) is 2.49. The van der Waals surface area contributed by atoms with E-state index in [4.69, 9.17) is 14.1 Å². The first-order valence-corrected chi connectivity index (χ1v) is 11.2. The molecule has 164 valence electrons. The van der Waals surface area contributed by atoms with Crippen molar-refractivity contribution in [3.63, 3.8) is 0 Å². The highest BCUT2D eigenvalue weighted by Gasteiger charge is 2.11. The second-order valence-electron chi connectivity index (χ2n) is 7.11. The van der Waals surface area contributed by atoms with Gasteiger partial charge in [0, 0.05) is 38.1 Å². The fraction of sp³-hybridized carbons (Fsp3) is 0.348. The molecular weight excluding hydrogens is 412 g/mol. The Morgan fingerprint density at radius 1 is 1.23 bits per heavy atom. The van der Waals surface area contributed by atoms with E-state index in [1.807, 2.05) is 37.4 Å². The second-order valence-corrected chi connectivity index (χ2v) is 8.05. The van der Waals surface area contributed by atoms with E-state index in [-0.39, 0.29) is 5.91 Å². The third-order valence-corrected chi connectivity index (χ3v) is 5.47. The standard InChI is InChI=1S/C23H28N4O3S/c1-4-10-27(2)21-13-19(15-29-3)25-23(26-21)31-16-17-7-5-8-18(12-17)22(28)24-14-20-9-6-11-30-20/h5-9,11-13H,4,10,14-16H2,1-3H3,(H,24,28). The molecule has 0 spiro atoms. The Balaban J connectivity index is 1.66. The number of carbonyl (C=O) groups excluding carboxylic acids is 1. The molecule has 1 amide bonds. The molecule has 0 radical (unpaired) electrons. The van der Waals surface area contributed by atoms with Crippen LogP contribution in [0.5, 0.6) is 0 Å². The lowest BCUT2D eigenvalue weighted by Crippen LogP contribution is -2.22. The number of carbonyl (C=O) groups is 1. The second kappa shape index (κ2) is 11.5. The van der Waals surface area contributed by atoms with E-state index in [0.717, 1.165) is 35.8 Å². The minimum atomic E-state index is -0.134. The van der Waals surface area contributed by atoms with Gasteiger partial charge < -0.3 is 19.4 Å². The number of methoxy groups -OCH3 is 1. The van der Waals surface area contributed by atoms with Crippen molar-refractivity contribution in [1.29, 1.82) is 0 Å². The fourth-order valence-corrected chi connectivity index (χ4v) is 3.84. The zero-order valence-electron chi connectivity index (χ0n) is 18.1. The maximum atomic E-state index is 12.5. The summed E-state index contributed by atoms with van der Waals surface area (Å²) in [5, 5.41) is 3.57. The molecule has 0 aliphatic rings. The van der Waals surface area contributed by atoms with Crippen molar-refractivity contribution in [3.05, 3.63) is 71.3 Å². The largest absolute Gasteiger partial charge is 0.467 e. The van der Waals surface area contributed by atoms with Crippen LogP contribution in [0.1, 0.15) is 40.7 Å². The molecule has 0 bridgehead atoms. The van der Waals surface area contributed by atoms with Crippen LogP contribution in [-0.4, -0.2) is 36.6 Å². The molecule has 2 heterocycles. The van der Waals surface area contributed by atoms with Crippen molar-refractivity contribution in [2.24, 2.45) is 0 Å². The van der Waals surface area contributed by atoms with Gasteiger partial charge in [-0.25, -0.2) is 9.97 Å². The van der Waals surface area contributed by atoms with Crippen molar-refractivity contribution in [2.45, 2.75) is 37.4 Å². The van der Waals surface area contributed by atoms with Gasteiger partial charge in [-0.2, -0.15) is 0 Å². The number of furan rings is 1. The molecule has 0 aliphatic heterocycles. The molecule has 0 aliphatic carbocycles. The van der Waals surface area contributed by atoms with E-state index >= 15 is 0 Å². The summed E-state index contributed by atoms with van der Waals surface area (Å²) in [5.74, 6) is 2.13. The summed E-state index contributed by atoms with van der Waals surface area (Å²) in [7, 11) is 3.69. The van der Waals surface area contributed by atoms with Gasteiger partial charge in [0.15, 0.2) is 5.16 Å². The van der Waals surface area contributed by atoms with Gasteiger partial charge in [-0.3, -0.25) is 4.79 Å². The summed E-state index contributed by atoms with van der Waals surface area (Å²) < 4.78 is 10.5. The van der Waals surface area contributed by atoms with Crippen LogP contribution in [0.3, 0.4) is 0 Å². The number of nitrogens with zero attached hydrogens (tertiary/aromatic N) is 3. The van der Waals surface area contributed by atoms with Crippen LogP contribution in [0.2, 0.25) is 0 Å². The van der Waals surface area contributed by atoms with Gasteiger partial charge >= 0.3 is 0 Å². The number of benzene rings is 1. The molecule has 1 aromatic carbocycles. The first kappa shape index (κ1) is 22.8. The Bertz CT molecular complexity index is 979. The molecule has 0 atom stereocenters. The van der Waals surface area contributed by atoms with E-state index in [1.165, 1.54) is 0 Å². The van der Waals surface area contributed by atoms with E-state index in [0.29, 0.717) is 29.6 Å². The maximum Gasteiger partial charge on any atom is 0.251 e. The van der Waals surface area contributed by atoms with Crippen LogP contribution in [0.15, 0.2) is 58.3 Å². The summed E-state index contributed by atoms with van der Waals surface area (Å²) in [6.45, 7) is 3.86. The van der Waals surface area contributed by atoms with Crippen molar-refractivity contribution in [1.82, 2.24) is 15.3 Å². The predicted octanol–water partition coefficient (Wildman–Crippen LogP) is 4.28. The molecule has 1 N–H and O–H groups in total. The zero-order chi connectivity index (χ0) is 22.1. The molecular formula is C23H28N4O3S. The summed E-state index contributed by atoms with van der Waals surface area (Å²) in [6.07, 6.45) is 2.63. The molecule has 0 saturated carbocycles. The lowest BCUT2D eigenvalue weighted by Gasteiger charge is -2.18. The van der Waals surface area contributed by atoms with E-state index in [2.05, 4.69) is 22.1 Å². The Morgan fingerprint density at radius 2 is 2.10 bits per heavy atom. The van der Waals surface area contributed by atoms with Crippen LogP contribution in [0.4, 0.5) is 5.82 Å². The number of thioether (sulfide) groups is 1. The molecule has 0 saturated heterocycles. The minimum Gasteiger partial charge on any atom is -0.467 e. The molecule has 0 fully saturated rings. The van der Waals surface area contributed by atoms with Gasteiger partial charge in [-0.05, 0) is 36.2 Å². The number of anilines is 1. The summed E-state index contributed by atoms with van der Waals surface area (Å²) in [4.78, 5) is 23.9. The first-order chi connectivity index (χ1) is 15.1. The van der Waals surface area contributed by atoms with Gasteiger partial charge in [-0.1, -0.05) is 30.8 Å². The third-order valence-electron chi connectivity index (χ3n) is 4.55. The maximum absolute atomic E-state index is 12.5. The van der Waals surface area contributed by atoms with Crippen molar-refractivity contribution in [2.75, 3.05) is 25.6 Å². The first-order valence-electron chi connectivity index (χ1n) is 10.2. The zero-order valence-corrected chi connectivity index (χ0v) is 18.9. The van der Waals surface area contributed by atoms with Crippen LogP contribution in [0, 0.1) is 0 Å². The quantitative estimate of drug-likeness (QED) is 0.352. The van der Waals surface area contributed by atoms with Crippen molar-refractivity contribution >= 4 is 23.5 Å². The molecule has 0 unspecified atom stereocenters. The van der Waals surface area contributed by atoms with E-state index < -0.39 is 0 Å². The predicted molar refractivity (Wildman–Crippen MR) is 122 cm³/mol. The van der Waals surface area contributed by atoms with Crippen LogP contribution >= 0.6 is 11.8 Å². The third kappa shape index (κ3) is 6.83. The molecule has 8 heteroatoms. The van der Waals surface area contributed by atoms with Crippen molar-refractivity contribution in [3.8, 4) is 0 Å². The number of hydrogen-bond donors (Lipinski definition) is 1. The summed E-state index contributed by atoms with van der Waals surface area (Å²) >= 11 is 1.54. The Kier molecular flexibility index (Phi) is 8.49. The van der Waals surface area contributed by atoms with E-state index in [1.54, 1.807) is 37.3 Å². The Labute approximate surface area is 187 Å². The van der Waals surface area contributed by atoms with Crippen LogP contribution < -0.4 is 10.2 Å². The van der Waals surface area contributed by atoms with Gasteiger partial charge in [0.1, 0.15) is 11.6 Å². The van der Waals surface area contributed by atoms with Gasteiger partial charge in [0.25, 0.3) is 5.91 Å². The number of nitrogens with one attached hydrogen (secondary N) is 1. The van der Waals surface area contributed by atoms with Gasteiger partial charge in [0.05, 0.1) is 25.1 Å². The lowest BCUT2D eigenvalue weighted by molar-refractivity contribution is 0.0948. The fourth-order valence-electron chi connectivity index (χ4n) is 3.02. The Hall–Kier alpha value is -2.84. The van der Waals surface area contributed by atoms with Gasteiger partial charge in [0.2, 0.25) is 0 Å². The Morgan fingerprint density at radius 3 is 2.84 bits per heavy atom. The number of hydrogen-bond acceptors (Lipinski definition) is 7. The highest BCUT2D eigenvalue weighted by Crippen LogP contribution is 2.23. The average molecular weight is 441 g/mol. The SMILES string of the molecule is CCCN(C)c1cc(COC)nc(SCc2cccc(C(=O)NCc3ccco3)c2)n1. The molecule has 3 rings (SSSR count). The number of amides is 1. The summed E-state index contributed by atoms with van der Waals surface area (Å²) in [6, 6.07) is 13.2. The number of rotatable bonds is 11. The average Bonchev–Trinajstić information content (AvgIpc) is 3.30. The normalized spacial score (nSPS) is 10.8. The van der Waals surface area contributed by atoms with Crippen molar-refractivity contribution < 1.29 is 13.9 Å². The highest BCUT2D eigenvalue weighted by molar-refractivity contribution is 7.98. The monoisotopic (exact) mass is 440 g/mol. The molecule has 31 heavy (non-hydrogen) atoms. The van der Waals surface area contributed by atoms with Gasteiger partial charge in [-0.15, -0.1) is 0 Å². The lowest BCUT2D eigenvalue weighted by atomic mass is 10.1. The topological polar surface area (TPSA) is 80.5 Å². The minimum absolute atomic E-state index is 0.134. The molecule has 7 nitrogen and oxygen atoms in total. The van der Waals surface area contributed by atoms with Crippen LogP contribution in [-0.2, 0) is 23.6 Å². The molecule has 2 aromatic heterocycles. The van der Waals surface area contributed by atoms with E-state index in [9.17, 15) is 4.79 Å². The number of ether oxygens (including phenoxy) is 1. The number of aromatic nitrogens is 2.